The van der Waals surface area contributed by atoms with Crippen LogP contribution in [-0.2, 0) is 6.42 Å². The van der Waals surface area contributed by atoms with Crippen LogP contribution in [0.4, 0.5) is 8.78 Å². The molecule has 0 saturated heterocycles. The van der Waals surface area contributed by atoms with Gasteiger partial charge in [0, 0.05) is 6.04 Å². The number of nitrogens with one attached hydrogen (secondary N) is 1. The van der Waals surface area contributed by atoms with Crippen molar-refractivity contribution in [2.45, 2.75) is 45.1 Å². The van der Waals surface area contributed by atoms with Gasteiger partial charge in [0.15, 0.2) is 11.6 Å². The smallest absolute Gasteiger partial charge is 0.162 e. The van der Waals surface area contributed by atoms with Gasteiger partial charge in [-0.15, -0.1) is 0 Å². The van der Waals surface area contributed by atoms with E-state index in [9.17, 15) is 8.78 Å². The molecule has 1 aliphatic carbocycles. The zero-order valence-corrected chi connectivity index (χ0v) is 10.9. The normalized spacial score (nSPS) is 18.2. The minimum atomic E-state index is -0.742. The maximum Gasteiger partial charge on any atom is 0.162 e. The Morgan fingerprint density at radius 3 is 2.67 bits per heavy atom. The average molecular weight is 253 g/mol. The maximum absolute atomic E-state index is 13.7. The highest BCUT2D eigenvalue weighted by Gasteiger charge is 2.25. The summed E-state index contributed by atoms with van der Waals surface area (Å²) >= 11 is 0. The minimum Gasteiger partial charge on any atom is -0.314 e. The number of benzene rings is 1. The summed E-state index contributed by atoms with van der Waals surface area (Å²) in [4.78, 5) is 0. The van der Waals surface area contributed by atoms with Gasteiger partial charge in [0.05, 0.1) is 0 Å². The minimum absolute atomic E-state index is 0.272. The molecule has 1 aromatic carbocycles. The van der Waals surface area contributed by atoms with Crippen LogP contribution in [0.2, 0.25) is 0 Å². The molecule has 18 heavy (non-hydrogen) atoms. The fourth-order valence-electron chi connectivity index (χ4n) is 2.97. The first kappa shape index (κ1) is 13.5. The monoisotopic (exact) mass is 253 g/mol. The zero-order chi connectivity index (χ0) is 13.0. The van der Waals surface area contributed by atoms with Crippen LogP contribution in [0.15, 0.2) is 18.2 Å². The van der Waals surface area contributed by atoms with Crippen molar-refractivity contribution in [3.8, 4) is 0 Å². The molecule has 0 heterocycles. The van der Waals surface area contributed by atoms with Gasteiger partial charge >= 0.3 is 0 Å². The molecule has 1 aliphatic rings. The van der Waals surface area contributed by atoms with Crippen molar-refractivity contribution in [2.24, 2.45) is 5.92 Å². The van der Waals surface area contributed by atoms with Gasteiger partial charge in [-0.25, -0.2) is 8.78 Å². The Hall–Kier alpha value is -0.960. The summed E-state index contributed by atoms with van der Waals surface area (Å²) in [5.41, 5.74) is 0.493. The van der Waals surface area contributed by atoms with Gasteiger partial charge in [0.25, 0.3) is 0 Å². The van der Waals surface area contributed by atoms with Gasteiger partial charge in [-0.1, -0.05) is 31.9 Å². The highest BCUT2D eigenvalue weighted by Crippen LogP contribution is 2.29. The molecule has 0 amide bonds. The predicted molar refractivity (Wildman–Crippen MR) is 69.5 cm³/mol. The Bertz CT molecular complexity index is 386. The Morgan fingerprint density at radius 1 is 1.28 bits per heavy atom. The number of rotatable bonds is 5. The molecule has 100 valence electrons. The van der Waals surface area contributed by atoms with Crippen LogP contribution in [0.3, 0.4) is 0 Å². The van der Waals surface area contributed by atoms with Crippen LogP contribution >= 0.6 is 0 Å². The Balaban J connectivity index is 2.10. The second kappa shape index (κ2) is 6.28. The standard InChI is InChI=1S/C15H21F2N/c1-2-18-14(11-6-3-4-7-11)10-12-8-5-9-13(16)15(12)17/h5,8-9,11,14,18H,2-4,6-7,10H2,1H3. The van der Waals surface area contributed by atoms with E-state index < -0.39 is 11.6 Å². The second-order valence-corrected chi connectivity index (χ2v) is 5.13. The molecule has 0 spiro atoms. The lowest BCUT2D eigenvalue weighted by molar-refractivity contribution is 0.357. The molecule has 1 N–H and O–H groups in total. The fourth-order valence-corrected chi connectivity index (χ4v) is 2.97. The highest BCUT2D eigenvalue weighted by atomic mass is 19.2. The van der Waals surface area contributed by atoms with Crippen molar-refractivity contribution in [1.82, 2.24) is 5.32 Å². The molecule has 3 heteroatoms. The van der Waals surface area contributed by atoms with E-state index >= 15 is 0 Å². The van der Waals surface area contributed by atoms with Gasteiger partial charge in [0.2, 0.25) is 0 Å². The number of hydrogen-bond donors (Lipinski definition) is 1. The van der Waals surface area contributed by atoms with E-state index in [2.05, 4.69) is 12.2 Å². The first-order valence-electron chi connectivity index (χ1n) is 6.88. The predicted octanol–water partition coefficient (Wildman–Crippen LogP) is 3.68. The van der Waals surface area contributed by atoms with E-state index in [1.54, 1.807) is 12.1 Å². The topological polar surface area (TPSA) is 12.0 Å². The maximum atomic E-state index is 13.7. The zero-order valence-electron chi connectivity index (χ0n) is 10.9. The van der Waals surface area contributed by atoms with Crippen LogP contribution < -0.4 is 5.32 Å². The van der Waals surface area contributed by atoms with E-state index in [1.165, 1.54) is 31.7 Å². The summed E-state index contributed by atoms with van der Waals surface area (Å²) in [6.45, 7) is 2.93. The fraction of sp³-hybridized carbons (Fsp3) is 0.600. The molecule has 1 saturated carbocycles. The lowest BCUT2D eigenvalue weighted by atomic mass is 9.92. The first-order valence-corrected chi connectivity index (χ1v) is 6.88. The molecule has 1 nitrogen and oxygen atoms in total. The summed E-state index contributed by atoms with van der Waals surface area (Å²) in [5.74, 6) is -0.819. The lowest BCUT2D eigenvalue weighted by Gasteiger charge is -2.24. The molecule has 2 rings (SSSR count). The van der Waals surface area contributed by atoms with Crippen LogP contribution in [0.5, 0.6) is 0 Å². The largest absolute Gasteiger partial charge is 0.314 e. The van der Waals surface area contributed by atoms with Crippen molar-refractivity contribution >= 4 is 0 Å². The van der Waals surface area contributed by atoms with Gasteiger partial charge in [0.1, 0.15) is 0 Å². The second-order valence-electron chi connectivity index (χ2n) is 5.13. The van der Waals surface area contributed by atoms with Crippen LogP contribution in [0.1, 0.15) is 38.2 Å². The molecule has 0 aromatic heterocycles. The van der Waals surface area contributed by atoms with Crippen LogP contribution in [0.25, 0.3) is 0 Å². The summed E-state index contributed by atoms with van der Waals surface area (Å²) in [7, 11) is 0. The number of halogens is 2. The van der Waals surface area contributed by atoms with E-state index in [-0.39, 0.29) is 6.04 Å². The summed E-state index contributed by atoms with van der Waals surface area (Å²) in [6, 6.07) is 4.73. The van der Waals surface area contributed by atoms with Crippen molar-refractivity contribution < 1.29 is 8.78 Å². The molecular weight excluding hydrogens is 232 g/mol. The first-order chi connectivity index (χ1) is 8.72. The molecule has 0 bridgehead atoms. The summed E-state index contributed by atoms with van der Waals surface area (Å²) in [6.07, 6.45) is 5.52. The van der Waals surface area contributed by atoms with E-state index in [1.807, 2.05) is 0 Å². The number of hydrogen-bond acceptors (Lipinski definition) is 1. The van der Waals surface area contributed by atoms with Gasteiger partial charge in [-0.05, 0) is 43.4 Å². The molecule has 0 radical (unpaired) electrons. The molecule has 1 unspecified atom stereocenters. The van der Waals surface area contributed by atoms with Crippen molar-refractivity contribution in [3.63, 3.8) is 0 Å². The lowest BCUT2D eigenvalue weighted by Crippen LogP contribution is -2.37. The molecule has 0 aliphatic heterocycles. The van der Waals surface area contributed by atoms with Gasteiger partial charge < -0.3 is 5.32 Å². The van der Waals surface area contributed by atoms with Gasteiger partial charge in [-0.3, -0.25) is 0 Å². The Labute approximate surface area is 108 Å². The Kier molecular flexibility index (Phi) is 4.70. The van der Waals surface area contributed by atoms with Crippen molar-refractivity contribution in [2.75, 3.05) is 6.54 Å². The highest BCUT2D eigenvalue weighted by molar-refractivity contribution is 5.20. The molecule has 1 fully saturated rings. The summed E-state index contributed by atoms with van der Waals surface area (Å²) in [5, 5.41) is 3.43. The van der Waals surface area contributed by atoms with Crippen molar-refractivity contribution in [1.29, 1.82) is 0 Å². The molecule has 1 aromatic rings. The molecule has 1 atom stereocenters. The van der Waals surface area contributed by atoms with Crippen LogP contribution in [0, 0.1) is 17.6 Å². The van der Waals surface area contributed by atoms with Crippen molar-refractivity contribution in [3.05, 3.63) is 35.4 Å². The van der Waals surface area contributed by atoms with E-state index in [0.717, 1.165) is 6.54 Å². The SMILES string of the molecule is CCNC(Cc1cccc(F)c1F)C1CCCC1. The average Bonchev–Trinajstić information content (AvgIpc) is 2.88. The summed E-state index contributed by atoms with van der Waals surface area (Å²) < 4.78 is 26.9. The Morgan fingerprint density at radius 2 is 2.00 bits per heavy atom. The quantitative estimate of drug-likeness (QED) is 0.844. The third-order valence-electron chi connectivity index (χ3n) is 3.91. The van der Waals surface area contributed by atoms with Crippen LogP contribution in [-0.4, -0.2) is 12.6 Å². The van der Waals surface area contributed by atoms with E-state index in [4.69, 9.17) is 0 Å². The third kappa shape index (κ3) is 3.08. The van der Waals surface area contributed by atoms with Gasteiger partial charge in [-0.2, -0.15) is 0 Å². The van der Waals surface area contributed by atoms with E-state index in [0.29, 0.717) is 17.9 Å². The molecular formula is C15H21F2N. The third-order valence-corrected chi connectivity index (χ3v) is 3.91. The number of likely N-dealkylation sites (N-methyl/N-ethyl adjacent to an activating group) is 1.